The molecule has 0 bridgehead atoms. The molecule has 3 rings (SSSR count). The van der Waals surface area contributed by atoms with Crippen molar-refractivity contribution in [2.75, 3.05) is 0 Å². The van der Waals surface area contributed by atoms with Gasteiger partial charge in [-0.1, -0.05) is 30.3 Å². The van der Waals surface area contributed by atoms with Crippen molar-refractivity contribution in [2.24, 2.45) is 0 Å². The van der Waals surface area contributed by atoms with Crippen molar-refractivity contribution in [1.82, 2.24) is 0 Å². The lowest BCUT2D eigenvalue weighted by Gasteiger charge is -2.25. The minimum absolute atomic E-state index is 0.229. The first-order valence-electron chi connectivity index (χ1n) is 7.27. The highest BCUT2D eigenvalue weighted by Crippen LogP contribution is 2.31. The molecule has 21 heavy (non-hydrogen) atoms. The number of halogens is 1. The maximum Gasteiger partial charge on any atom is 0.126 e. The van der Waals surface area contributed by atoms with Gasteiger partial charge in [-0.05, 0) is 49.1 Å². The summed E-state index contributed by atoms with van der Waals surface area (Å²) in [6, 6.07) is 14.0. The van der Waals surface area contributed by atoms with Gasteiger partial charge in [-0.15, -0.1) is 0 Å². The van der Waals surface area contributed by atoms with E-state index < -0.39 is 5.60 Å². The van der Waals surface area contributed by atoms with Gasteiger partial charge in [0.05, 0.1) is 11.7 Å². The molecule has 0 amide bonds. The average molecular weight is 286 g/mol. The molecule has 1 saturated carbocycles. The fourth-order valence-corrected chi connectivity index (χ4v) is 2.40. The molecule has 110 valence electrons. The third-order valence-electron chi connectivity index (χ3n) is 3.78. The molecule has 0 aromatic heterocycles. The Morgan fingerprint density at radius 2 is 1.95 bits per heavy atom. The Hall–Kier alpha value is -1.87. The van der Waals surface area contributed by atoms with E-state index in [2.05, 4.69) is 0 Å². The highest BCUT2D eigenvalue weighted by atomic mass is 19.1. The largest absolute Gasteiger partial charge is 0.490 e. The van der Waals surface area contributed by atoms with Crippen LogP contribution in [0.2, 0.25) is 0 Å². The van der Waals surface area contributed by atoms with Crippen molar-refractivity contribution in [3.8, 4) is 5.75 Å². The zero-order chi connectivity index (χ0) is 14.9. The maximum absolute atomic E-state index is 13.8. The summed E-state index contributed by atoms with van der Waals surface area (Å²) in [5.41, 5.74) is 0.116. The van der Waals surface area contributed by atoms with Gasteiger partial charge >= 0.3 is 0 Å². The third kappa shape index (κ3) is 3.42. The van der Waals surface area contributed by atoms with Gasteiger partial charge in [-0.3, -0.25) is 0 Å². The number of rotatable bonds is 5. The second-order valence-electron chi connectivity index (χ2n) is 5.89. The quantitative estimate of drug-likeness (QED) is 0.905. The van der Waals surface area contributed by atoms with Crippen LogP contribution in [0.3, 0.4) is 0 Å². The van der Waals surface area contributed by atoms with Crippen LogP contribution in [0.1, 0.15) is 30.9 Å². The lowest BCUT2D eigenvalue weighted by atomic mass is 9.89. The van der Waals surface area contributed by atoms with E-state index in [9.17, 15) is 9.50 Å². The first kappa shape index (κ1) is 14.1. The highest BCUT2D eigenvalue weighted by Gasteiger charge is 2.27. The molecule has 1 N–H and O–H groups in total. The smallest absolute Gasteiger partial charge is 0.126 e. The zero-order valence-electron chi connectivity index (χ0n) is 12.1. The van der Waals surface area contributed by atoms with Crippen molar-refractivity contribution in [3.05, 3.63) is 65.5 Å². The Bertz CT molecular complexity index is 633. The van der Waals surface area contributed by atoms with Gasteiger partial charge in [-0.25, -0.2) is 4.39 Å². The molecule has 1 aliphatic carbocycles. The van der Waals surface area contributed by atoms with Crippen molar-refractivity contribution in [2.45, 2.75) is 37.9 Å². The second kappa shape index (κ2) is 5.49. The normalized spacial score (nSPS) is 17.3. The van der Waals surface area contributed by atoms with Crippen molar-refractivity contribution >= 4 is 0 Å². The first-order chi connectivity index (χ1) is 10.0. The molecule has 0 aliphatic heterocycles. The molecule has 1 aliphatic rings. The lowest BCUT2D eigenvalue weighted by Crippen LogP contribution is -2.24. The molecule has 3 heteroatoms. The molecule has 2 nitrogen and oxygen atoms in total. The molecule has 1 atom stereocenters. The summed E-state index contributed by atoms with van der Waals surface area (Å²) in [6.45, 7) is 1.70. The summed E-state index contributed by atoms with van der Waals surface area (Å²) in [5.74, 6) is 0.479. The molecule has 1 unspecified atom stereocenters. The Balaban J connectivity index is 1.81. The average Bonchev–Trinajstić information content (AvgIpc) is 3.25. The van der Waals surface area contributed by atoms with Gasteiger partial charge in [0.25, 0.3) is 0 Å². The van der Waals surface area contributed by atoms with Crippen LogP contribution < -0.4 is 4.74 Å². The summed E-state index contributed by atoms with van der Waals surface area (Å²) < 4.78 is 19.5. The van der Waals surface area contributed by atoms with Crippen molar-refractivity contribution < 1.29 is 14.2 Å². The molecule has 0 radical (unpaired) electrons. The lowest BCUT2D eigenvalue weighted by molar-refractivity contribution is 0.0563. The standard InChI is InChI=1S/C18H19FO2/c1-18(20,12-13-5-2-3-8-17(13)19)14-6-4-7-16(11-14)21-15-9-10-15/h2-8,11,15,20H,9-10,12H2,1H3. The van der Waals surface area contributed by atoms with E-state index in [4.69, 9.17) is 4.74 Å². The monoisotopic (exact) mass is 286 g/mol. The van der Waals surface area contributed by atoms with Gasteiger partial charge in [-0.2, -0.15) is 0 Å². The first-order valence-corrected chi connectivity index (χ1v) is 7.27. The van der Waals surface area contributed by atoms with Crippen LogP contribution in [-0.2, 0) is 12.0 Å². The van der Waals surface area contributed by atoms with Crippen LogP contribution in [0.25, 0.3) is 0 Å². The van der Waals surface area contributed by atoms with Crippen LogP contribution in [-0.4, -0.2) is 11.2 Å². The Morgan fingerprint density at radius 3 is 2.67 bits per heavy atom. The molecule has 0 spiro atoms. The van der Waals surface area contributed by atoms with E-state index in [1.54, 1.807) is 25.1 Å². The predicted octanol–water partition coefficient (Wildman–Crippen LogP) is 3.82. The van der Waals surface area contributed by atoms with E-state index in [1.807, 2.05) is 24.3 Å². The summed E-state index contributed by atoms with van der Waals surface area (Å²) in [6.07, 6.45) is 2.73. The zero-order valence-corrected chi connectivity index (χ0v) is 12.1. The predicted molar refractivity (Wildman–Crippen MR) is 79.8 cm³/mol. The summed E-state index contributed by atoms with van der Waals surface area (Å²) >= 11 is 0. The topological polar surface area (TPSA) is 29.5 Å². The van der Waals surface area contributed by atoms with Gasteiger partial charge in [0.2, 0.25) is 0 Å². The third-order valence-corrected chi connectivity index (χ3v) is 3.78. The maximum atomic E-state index is 13.8. The Kier molecular flexibility index (Phi) is 3.68. The van der Waals surface area contributed by atoms with Gasteiger partial charge in [0.15, 0.2) is 0 Å². The second-order valence-corrected chi connectivity index (χ2v) is 5.89. The van der Waals surface area contributed by atoms with Gasteiger partial charge in [0.1, 0.15) is 11.6 Å². The molecular formula is C18H19FO2. The SMILES string of the molecule is CC(O)(Cc1ccccc1F)c1cccc(OC2CC2)c1. The van der Waals surface area contributed by atoms with E-state index in [1.165, 1.54) is 6.07 Å². The van der Waals surface area contributed by atoms with E-state index in [-0.39, 0.29) is 12.2 Å². The number of ether oxygens (including phenoxy) is 1. The number of hydrogen-bond donors (Lipinski definition) is 1. The van der Waals surface area contributed by atoms with Gasteiger partial charge in [0, 0.05) is 6.42 Å². The van der Waals surface area contributed by atoms with E-state index in [0.29, 0.717) is 11.7 Å². The number of hydrogen-bond acceptors (Lipinski definition) is 2. The van der Waals surface area contributed by atoms with Crippen molar-refractivity contribution in [3.63, 3.8) is 0 Å². The van der Waals surface area contributed by atoms with Crippen molar-refractivity contribution in [1.29, 1.82) is 0 Å². The fourth-order valence-electron chi connectivity index (χ4n) is 2.40. The van der Waals surface area contributed by atoms with E-state index in [0.717, 1.165) is 24.2 Å². The molecule has 2 aromatic carbocycles. The van der Waals surface area contributed by atoms with Crippen LogP contribution >= 0.6 is 0 Å². The minimum atomic E-state index is -1.13. The fraction of sp³-hybridized carbons (Fsp3) is 0.333. The molecule has 0 heterocycles. The minimum Gasteiger partial charge on any atom is -0.490 e. The summed E-state index contributed by atoms with van der Waals surface area (Å²) in [5, 5.41) is 10.7. The van der Waals surface area contributed by atoms with Crippen LogP contribution in [0.4, 0.5) is 4.39 Å². The van der Waals surface area contributed by atoms with Crippen LogP contribution in [0.5, 0.6) is 5.75 Å². The van der Waals surface area contributed by atoms with Gasteiger partial charge < -0.3 is 9.84 Å². The summed E-state index contributed by atoms with van der Waals surface area (Å²) in [7, 11) is 0. The van der Waals surface area contributed by atoms with Crippen LogP contribution in [0.15, 0.2) is 48.5 Å². The summed E-state index contributed by atoms with van der Waals surface area (Å²) in [4.78, 5) is 0. The van der Waals surface area contributed by atoms with E-state index >= 15 is 0 Å². The highest BCUT2D eigenvalue weighted by molar-refractivity contribution is 5.34. The molecule has 1 fully saturated rings. The van der Waals surface area contributed by atoms with Crippen LogP contribution in [0, 0.1) is 5.82 Å². The Labute approximate surface area is 124 Å². The molecular weight excluding hydrogens is 267 g/mol. The number of aliphatic hydroxyl groups is 1. The molecule has 0 saturated heterocycles. The Morgan fingerprint density at radius 1 is 1.19 bits per heavy atom. The molecule has 2 aromatic rings. The number of benzene rings is 2.